The van der Waals surface area contributed by atoms with E-state index < -0.39 is 0 Å². The Kier molecular flexibility index (Phi) is 3.77. The smallest absolute Gasteiger partial charge is 0.173 e. The minimum absolute atomic E-state index is 0.0207. The molecule has 5 heteroatoms. The highest BCUT2D eigenvalue weighted by atomic mass is 33.5. The van der Waals surface area contributed by atoms with Gasteiger partial charge in [0.05, 0.1) is 10.5 Å². The summed E-state index contributed by atoms with van der Waals surface area (Å²) in [4.78, 5) is 7.38. The number of rotatable bonds is 1. The maximum absolute atomic E-state index is 4.71. The molecular formula is C15H18N2S3. The van der Waals surface area contributed by atoms with Crippen molar-refractivity contribution < 1.29 is 0 Å². The molecule has 1 unspecified atom stereocenters. The topological polar surface area (TPSA) is 24.4 Å². The van der Waals surface area contributed by atoms with Crippen LogP contribution in [0.5, 0.6) is 0 Å². The molecule has 1 aromatic carbocycles. The molecule has 1 atom stereocenters. The van der Waals surface area contributed by atoms with Crippen molar-refractivity contribution in [3.63, 3.8) is 0 Å². The number of nitrogens with one attached hydrogen (secondary N) is 1. The molecule has 2 aliphatic heterocycles. The molecule has 0 bridgehead atoms. The van der Waals surface area contributed by atoms with Crippen LogP contribution in [-0.4, -0.2) is 15.7 Å². The lowest BCUT2D eigenvalue weighted by Gasteiger charge is -2.13. The van der Waals surface area contributed by atoms with Gasteiger partial charge in [-0.05, 0) is 58.7 Å². The first-order valence-electron chi connectivity index (χ1n) is 6.54. The average Bonchev–Trinajstić information content (AvgIpc) is 2.85. The van der Waals surface area contributed by atoms with Crippen LogP contribution in [-0.2, 0) is 0 Å². The van der Waals surface area contributed by atoms with E-state index in [4.69, 9.17) is 4.99 Å². The standard InChI is InChI=1S/C15H18N2S3/c1-10-5-7-11(8-6-10)12-9-13-16-14(17-15(2,3)4)19-20(13)18-12/h5-9H,1-4H3,(H,16,17). The molecule has 0 spiro atoms. The molecule has 106 valence electrons. The molecule has 0 fully saturated rings. The molecule has 1 aromatic rings. The maximum atomic E-state index is 4.71. The van der Waals surface area contributed by atoms with Crippen LogP contribution in [0.4, 0.5) is 0 Å². The van der Waals surface area contributed by atoms with E-state index in [2.05, 4.69) is 63.4 Å². The summed E-state index contributed by atoms with van der Waals surface area (Å²) < 4.78 is 0. The van der Waals surface area contributed by atoms with Crippen molar-refractivity contribution in [1.29, 1.82) is 0 Å². The molecule has 2 heterocycles. The molecule has 3 rings (SSSR count). The third kappa shape index (κ3) is 3.15. The predicted octanol–water partition coefficient (Wildman–Crippen LogP) is 4.80. The van der Waals surface area contributed by atoms with Gasteiger partial charge in [-0.1, -0.05) is 40.6 Å². The molecule has 0 saturated carbocycles. The van der Waals surface area contributed by atoms with Crippen molar-refractivity contribution >= 4 is 45.2 Å². The third-order valence-corrected chi connectivity index (χ3v) is 8.75. The van der Waals surface area contributed by atoms with E-state index in [0.29, 0.717) is 0 Å². The van der Waals surface area contributed by atoms with Gasteiger partial charge in [0.25, 0.3) is 0 Å². The van der Waals surface area contributed by atoms with Crippen LogP contribution in [0.15, 0.2) is 35.3 Å². The Morgan fingerprint density at radius 1 is 1.10 bits per heavy atom. The molecule has 0 amide bonds. The van der Waals surface area contributed by atoms with Gasteiger partial charge in [0.15, 0.2) is 5.17 Å². The summed E-state index contributed by atoms with van der Waals surface area (Å²) in [5, 5.41) is 4.52. The van der Waals surface area contributed by atoms with Gasteiger partial charge >= 0.3 is 0 Å². The van der Waals surface area contributed by atoms with Crippen LogP contribution in [0.3, 0.4) is 0 Å². The fourth-order valence-corrected chi connectivity index (χ4v) is 8.08. The summed E-state index contributed by atoms with van der Waals surface area (Å²) in [6.07, 6.45) is 2.27. The number of benzene rings is 1. The third-order valence-electron chi connectivity index (χ3n) is 2.77. The van der Waals surface area contributed by atoms with Crippen molar-refractivity contribution in [1.82, 2.24) is 5.32 Å². The van der Waals surface area contributed by atoms with E-state index in [1.54, 1.807) is 0 Å². The SMILES string of the molecule is Cc1ccc(C2=CC3=S(S2)SC(=NC(C)(C)C)N3)cc1. The lowest BCUT2D eigenvalue weighted by molar-refractivity contribution is 0.584. The van der Waals surface area contributed by atoms with E-state index in [9.17, 15) is 0 Å². The quantitative estimate of drug-likeness (QED) is 0.593. The Labute approximate surface area is 130 Å². The highest BCUT2D eigenvalue weighted by molar-refractivity contribution is 9.20. The minimum Gasteiger partial charge on any atom is -0.328 e. The summed E-state index contributed by atoms with van der Waals surface area (Å²) >= 11 is 0. The Hall–Kier alpha value is -0.650. The van der Waals surface area contributed by atoms with E-state index >= 15 is 0 Å². The fraction of sp³-hybridized carbons (Fsp3) is 0.333. The molecule has 0 saturated heterocycles. The Bertz CT molecular complexity index is 634. The van der Waals surface area contributed by atoms with Crippen LogP contribution >= 0.6 is 30.1 Å². The lowest BCUT2D eigenvalue weighted by Crippen LogP contribution is -2.24. The largest absolute Gasteiger partial charge is 0.328 e. The molecule has 1 N–H and O–H groups in total. The summed E-state index contributed by atoms with van der Waals surface area (Å²) in [5.74, 6) is 0. The molecular weight excluding hydrogens is 304 g/mol. The molecule has 0 aliphatic carbocycles. The average molecular weight is 323 g/mol. The highest BCUT2D eigenvalue weighted by Crippen LogP contribution is 2.58. The number of aryl methyl sites for hydroxylation is 1. The maximum Gasteiger partial charge on any atom is 0.173 e. The summed E-state index contributed by atoms with van der Waals surface area (Å²) in [6.45, 7) is 8.51. The Morgan fingerprint density at radius 2 is 1.80 bits per heavy atom. The zero-order valence-corrected chi connectivity index (χ0v) is 14.5. The van der Waals surface area contributed by atoms with Crippen molar-refractivity contribution in [3.8, 4) is 0 Å². The van der Waals surface area contributed by atoms with Crippen LogP contribution in [0.25, 0.3) is 4.91 Å². The van der Waals surface area contributed by atoms with Crippen molar-refractivity contribution in [3.05, 3.63) is 41.5 Å². The van der Waals surface area contributed by atoms with Crippen molar-refractivity contribution in [2.75, 3.05) is 0 Å². The van der Waals surface area contributed by atoms with Crippen LogP contribution in [0.2, 0.25) is 0 Å². The monoisotopic (exact) mass is 322 g/mol. The second-order valence-corrected chi connectivity index (χ2v) is 11.6. The Balaban J connectivity index is 1.76. The van der Waals surface area contributed by atoms with Gasteiger partial charge < -0.3 is 5.32 Å². The lowest BCUT2D eigenvalue weighted by atomic mass is 10.1. The van der Waals surface area contributed by atoms with Gasteiger partial charge in [-0.2, -0.15) is 0 Å². The first kappa shape index (κ1) is 14.3. The normalized spacial score (nSPS) is 23.8. The highest BCUT2D eigenvalue weighted by Gasteiger charge is 2.27. The van der Waals surface area contributed by atoms with E-state index in [1.165, 1.54) is 21.0 Å². The molecule has 0 radical (unpaired) electrons. The van der Waals surface area contributed by atoms with Gasteiger partial charge in [0, 0.05) is 4.91 Å². The van der Waals surface area contributed by atoms with E-state index in [1.807, 2.05) is 21.6 Å². The summed E-state index contributed by atoms with van der Waals surface area (Å²) in [6, 6.07) is 8.75. The minimum atomic E-state index is -0.0207. The predicted molar refractivity (Wildman–Crippen MR) is 97.3 cm³/mol. The summed E-state index contributed by atoms with van der Waals surface area (Å²) in [7, 11) is 3.94. The van der Waals surface area contributed by atoms with Gasteiger partial charge in [-0.3, -0.25) is 4.99 Å². The van der Waals surface area contributed by atoms with Gasteiger partial charge in [-0.15, -0.1) is 0 Å². The van der Waals surface area contributed by atoms with Crippen molar-refractivity contribution in [2.45, 2.75) is 33.2 Å². The first-order valence-corrected chi connectivity index (χ1v) is 10.4. The fourth-order valence-electron chi connectivity index (χ4n) is 1.86. The number of nitrogens with zero attached hydrogens (tertiary/aromatic N) is 1. The molecule has 2 aliphatic rings. The molecule has 2 nitrogen and oxygen atoms in total. The Morgan fingerprint density at radius 3 is 2.40 bits per heavy atom. The number of amidine groups is 1. The summed E-state index contributed by atoms with van der Waals surface area (Å²) in [5.41, 5.74) is 2.60. The van der Waals surface area contributed by atoms with Gasteiger partial charge in [0.2, 0.25) is 0 Å². The van der Waals surface area contributed by atoms with Crippen LogP contribution in [0, 0.1) is 6.92 Å². The van der Waals surface area contributed by atoms with Crippen LogP contribution in [0.1, 0.15) is 31.9 Å². The second-order valence-electron chi connectivity index (χ2n) is 5.85. The number of hydrogen-bond donors (Lipinski definition) is 1. The second kappa shape index (κ2) is 5.28. The molecule has 20 heavy (non-hydrogen) atoms. The number of hydrogen-bond acceptors (Lipinski definition) is 3. The first-order chi connectivity index (χ1) is 9.40. The van der Waals surface area contributed by atoms with E-state index in [0.717, 1.165) is 5.17 Å². The zero-order valence-electron chi connectivity index (χ0n) is 12.1. The van der Waals surface area contributed by atoms with Gasteiger partial charge in [-0.25, -0.2) is 0 Å². The van der Waals surface area contributed by atoms with Crippen LogP contribution < -0.4 is 5.32 Å². The molecule has 0 aromatic heterocycles. The van der Waals surface area contributed by atoms with E-state index in [-0.39, 0.29) is 14.1 Å². The van der Waals surface area contributed by atoms with Crippen molar-refractivity contribution in [2.24, 2.45) is 4.99 Å². The van der Waals surface area contributed by atoms with Gasteiger partial charge in [0.1, 0.15) is 0 Å². The number of aliphatic imine (C=N–C) groups is 1. The zero-order chi connectivity index (χ0) is 14.3.